The van der Waals surface area contributed by atoms with Gasteiger partial charge in [0.1, 0.15) is 0 Å². The van der Waals surface area contributed by atoms with Gasteiger partial charge in [-0.15, -0.1) is 11.6 Å². The highest BCUT2D eigenvalue weighted by molar-refractivity contribution is 7.87. The molecule has 0 radical (unpaired) electrons. The molecule has 0 amide bonds. The average Bonchev–Trinajstić information content (AvgIpc) is 2.28. The summed E-state index contributed by atoms with van der Waals surface area (Å²) in [6.07, 6.45) is 2.00. The molecule has 7 heteroatoms. The van der Waals surface area contributed by atoms with Crippen LogP contribution in [0.1, 0.15) is 19.8 Å². The van der Waals surface area contributed by atoms with E-state index in [0.29, 0.717) is 19.0 Å². The van der Waals surface area contributed by atoms with Crippen molar-refractivity contribution in [2.75, 3.05) is 32.7 Å². The summed E-state index contributed by atoms with van der Waals surface area (Å²) in [5, 5.41) is 0. The highest BCUT2D eigenvalue weighted by atomic mass is 35.5. The van der Waals surface area contributed by atoms with Gasteiger partial charge in [-0.3, -0.25) is 0 Å². The molecule has 102 valence electrons. The molecule has 2 atom stereocenters. The number of piperidine rings is 1. The van der Waals surface area contributed by atoms with Crippen LogP contribution < -0.4 is 4.72 Å². The van der Waals surface area contributed by atoms with Crippen molar-refractivity contribution in [2.45, 2.75) is 25.8 Å². The molecule has 1 aliphatic heterocycles. The Labute approximate surface area is 109 Å². The first-order valence-electron chi connectivity index (χ1n) is 5.82. The number of hydrogen-bond donors (Lipinski definition) is 1. The Morgan fingerprint density at radius 1 is 1.59 bits per heavy atom. The van der Waals surface area contributed by atoms with Gasteiger partial charge >= 0.3 is 0 Å². The molecule has 1 heterocycles. The molecule has 1 saturated heterocycles. The highest BCUT2D eigenvalue weighted by Crippen LogP contribution is 2.17. The summed E-state index contributed by atoms with van der Waals surface area (Å²) < 4.78 is 33.1. The number of nitrogens with zero attached hydrogens (tertiary/aromatic N) is 1. The minimum atomic E-state index is -3.43. The predicted octanol–water partition coefficient (Wildman–Crippen LogP) is 0.807. The van der Waals surface area contributed by atoms with Crippen LogP contribution in [0.2, 0.25) is 0 Å². The molecular formula is C10H21ClN2O3S. The summed E-state index contributed by atoms with van der Waals surface area (Å²) in [7, 11) is -1.91. The van der Waals surface area contributed by atoms with Gasteiger partial charge in [0.2, 0.25) is 0 Å². The Morgan fingerprint density at radius 2 is 2.29 bits per heavy atom. The Hall–Kier alpha value is 0.120. The molecule has 0 aromatic rings. The maximum atomic E-state index is 12.1. The van der Waals surface area contributed by atoms with Crippen LogP contribution in [-0.2, 0) is 14.9 Å². The Balaban J connectivity index is 2.60. The number of rotatable bonds is 6. The van der Waals surface area contributed by atoms with Gasteiger partial charge in [-0.2, -0.15) is 17.4 Å². The molecule has 0 bridgehead atoms. The number of ether oxygens (including phenoxy) is 1. The van der Waals surface area contributed by atoms with Gasteiger partial charge in [0.15, 0.2) is 0 Å². The zero-order chi connectivity index (χ0) is 12.9. The lowest BCUT2D eigenvalue weighted by Crippen LogP contribution is -2.50. The van der Waals surface area contributed by atoms with Gasteiger partial charge in [0.25, 0.3) is 10.2 Å². The number of hydrogen-bond acceptors (Lipinski definition) is 3. The van der Waals surface area contributed by atoms with Crippen LogP contribution in [0, 0.1) is 5.92 Å². The first-order valence-corrected chi connectivity index (χ1v) is 7.79. The Bertz CT molecular complexity index is 324. The molecule has 1 N–H and O–H groups in total. The molecule has 2 unspecified atom stereocenters. The summed E-state index contributed by atoms with van der Waals surface area (Å²) in [6.45, 7) is 3.51. The van der Waals surface area contributed by atoms with Gasteiger partial charge in [0.05, 0.1) is 12.6 Å². The second kappa shape index (κ2) is 6.89. The number of alkyl halides is 1. The number of nitrogens with one attached hydrogen (secondary N) is 1. The summed E-state index contributed by atoms with van der Waals surface area (Å²) in [6, 6.07) is -0.371. The molecule has 5 nitrogen and oxygen atoms in total. The van der Waals surface area contributed by atoms with Gasteiger partial charge in [-0.05, 0) is 18.8 Å². The van der Waals surface area contributed by atoms with E-state index in [1.165, 1.54) is 11.4 Å². The smallest absolute Gasteiger partial charge is 0.279 e. The van der Waals surface area contributed by atoms with E-state index in [1.807, 2.05) is 0 Å². The van der Waals surface area contributed by atoms with Crippen LogP contribution in [0.25, 0.3) is 0 Å². The van der Waals surface area contributed by atoms with Crippen molar-refractivity contribution in [1.29, 1.82) is 0 Å². The summed E-state index contributed by atoms with van der Waals surface area (Å²) >= 11 is 5.69. The van der Waals surface area contributed by atoms with Crippen molar-refractivity contribution in [3.05, 3.63) is 0 Å². The molecule has 1 aliphatic rings. The predicted molar refractivity (Wildman–Crippen MR) is 68.4 cm³/mol. The second-order valence-electron chi connectivity index (χ2n) is 4.53. The fourth-order valence-electron chi connectivity index (χ4n) is 1.96. The molecule has 17 heavy (non-hydrogen) atoms. The highest BCUT2D eigenvalue weighted by Gasteiger charge is 2.28. The lowest BCUT2D eigenvalue weighted by molar-refractivity contribution is 0.179. The standard InChI is InChI=1S/C10H21ClN2O3S/c1-9-4-3-5-13(7-9)17(14,15)12-10(6-11)8-16-2/h9-10,12H,3-8H2,1-2H3. The SMILES string of the molecule is COCC(CCl)NS(=O)(=O)N1CCCC(C)C1. The normalized spacial score (nSPS) is 24.8. The fraction of sp³-hybridized carbons (Fsp3) is 1.00. The van der Waals surface area contributed by atoms with E-state index in [4.69, 9.17) is 16.3 Å². The van der Waals surface area contributed by atoms with E-state index in [1.54, 1.807) is 0 Å². The van der Waals surface area contributed by atoms with Crippen LogP contribution in [-0.4, -0.2) is 51.5 Å². The lowest BCUT2D eigenvalue weighted by Gasteiger charge is -2.31. The molecule has 1 rings (SSSR count). The number of methoxy groups -OCH3 is 1. The fourth-order valence-corrected chi connectivity index (χ4v) is 3.76. The first kappa shape index (κ1) is 15.2. The average molecular weight is 285 g/mol. The number of halogens is 1. The molecular weight excluding hydrogens is 264 g/mol. The quantitative estimate of drug-likeness (QED) is 0.734. The van der Waals surface area contributed by atoms with E-state index >= 15 is 0 Å². The molecule has 0 spiro atoms. The van der Waals surface area contributed by atoms with E-state index in [-0.39, 0.29) is 18.5 Å². The minimum Gasteiger partial charge on any atom is -0.383 e. The molecule has 0 aliphatic carbocycles. The van der Waals surface area contributed by atoms with Crippen molar-refractivity contribution in [1.82, 2.24) is 9.03 Å². The van der Waals surface area contributed by atoms with E-state index in [0.717, 1.165) is 12.8 Å². The Kier molecular flexibility index (Phi) is 6.16. The van der Waals surface area contributed by atoms with Crippen molar-refractivity contribution >= 4 is 21.8 Å². The lowest BCUT2D eigenvalue weighted by atomic mass is 10.0. The van der Waals surface area contributed by atoms with Crippen LogP contribution in [0.15, 0.2) is 0 Å². The third kappa shape index (κ3) is 4.71. The monoisotopic (exact) mass is 284 g/mol. The third-order valence-corrected chi connectivity index (χ3v) is 4.84. The molecule has 0 aromatic heterocycles. The van der Waals surface area contributed by atoms with Crippen LogP contribution in [0.5, 0.6) is 0 Å². The molecule has 1 fully saturated rings. The van der Waals surface area contributed by atoms with Crippen molar-refractivity contribution < 1.29 is 13.2 Å². The summed E-state index contributed by atoms with van der Waals surface area (Å²) in [5.41, 5.74) is 0. The summed E-state index contributed by atoms with van der Waals surface area (Å²) in [4.78, 5) is 0. The largest absolute Gasteiger partial charge is 0.383 e. The first-order chi connectivity index (χ1) is 7.99. The van der Waals surface area contributed by atoms with Crippen molar-refractivity contribution in [3.8, 4) is 0 Å². The minimum absolute atomic E-state index is 0.205. The molecule has 0 saturated carbocycles. The van der Waals surface area contributed by atoms with Crippen molar-refractivity contribution in [2.24, 2.45) is 5.92 Å². The van der Waals surface area contributed by atoms with Crippen molar-refractivity contribution in [3.63, 3.8) is 0 Å². The van der Waals surface area contributed by atoms with Crippen LogP contribution in [0.3, 0.4) is 0 Å². The Morgan fingerprint density at radius 3 is 2.82 bits per heavy atom. The molecule has 0 aromatic carbocycles. The van der Waals surface area contributed by atoms with Gasteiger partial charge in [0, 0.05) is 26.1 Å². The zero-order valence-corrected chi connectivity index (χ0v) is 11.9. The van der Waals surface area contributed by atoms with Crippen LogP contribution >= 0.6 is 11.6 Å². The second-order valence-corrected chi connectivity index (χ2v) is 6.55. The van der Waals surface area contributed by atoms with Gasteiger partial charge in [-0.1, -0.05) is 6.92 Å². The topological polar surface area (TPSA) is 58.6 Å². The van der Waals surface area contributed by atoms with E-state index < -0.39 is 10.2 Å². The maximum absolute atomic E-state index is 12.1. The zero-order valence-electron chi connectivity index (χ0n) is 10.4. The third-order valence-electron chi connectivity index (χ3n) is 2.83. The maximum Gasteiger partial charge on any atom is 0.279 e. The van der Waals surface area contributed by atoms with Gasteiger partial charge < -0.3 is 4.74 Å². The van der Waals surface area contributed by atoms with E-state index in [9.17, 15) is 8.42 Å². The van der Waals surface area contributed by atoms with Crippen LogP contribution in [0.4, 0.5) is 0 Å². The van der Waals surface area contributed by atoms with E-state index in [2.05, 4.69) is 11.6 Å². The summed E-state index contributed by atoms with van der Waals surface area (Å²) in [5.74, 6) is 0.619. The van der Waals surface area contributed by atoms with Gasteiger partial charge in [-0.25, -0.2) is 0 Å².